The number of methoxy groups -OCH3 is 1. The molecule has 0 aromatic heterocycles. The lowest BCUT2D eigenvalue weighted by atomic mass is 9.87. The minimum absolute atomic E-state index is 0.117. The van der Waals surface area contributed by atoms with E-state index in [0.717, 1.165) is 38.8 Å². The average Bonchev–Trinajstić information content (AvgIpc) is 3.04. The first kappa shape index (κ1) is 16.6. The summed E-state index contributed by atoms with van der Waals surface area (Å²) in [6, 6.07) is 0. The molecule has 2 heterocycles. The molecule has 0 aromatic rings. The minimum atomic E-state index is 0.117. The van der Waals surface area contributed by atoms with Gasteiger partial charge in [-0.05, 0) is 18.3 Å². The van der Waals surface area contributed by atoms with Crippen molar-refractivity contribution in [3.8, 4) is 0 Å². The third-order valence-electron chi connectivity index (χ3n) is 4.83. The van der Waals surface area contributed by atoms with Crippen molar-refractivity contribution < 1.29 is 9.47 Å². The summed E-state index contributed by atoms with van der Waals surface area (Å²) in [5.41, 5.74) is 0.481. The molecule has 0 aromatic carbocycles. The van der Waals surface area contributed by atoms with Crippen molar-refractivity contribution in [2.75, 3.05) is 47.0 Å². The molecule has 0 saturated carbocycles. The highest BCUT2D eigenvalue weighted by molar-refractivity contribution is 5.80. The van der Waals surface area contributed by atoms with E-state index in [0.29, 0.717) is 5.41 Å². The molecule has 0 amide bonds. The van der Waals surface area contributed by atoms with Crippen LogP contribution in [0, 0.1) is 10.8 Å². The summed E-state index contributed by atoms with van der Waals surface area (Å²) in [6.07, 6.45) is 2.56. The topological polar surface area (TPSA) is 46.1 Å². The monoisotopic (exact) mass is 297 g/mol. The molecule has 2 unspecified atom stereocenters. The zero-order valence-electron chi connectivity index (χ0n) is 14.2. The molecule has 1 N–H and O–H groups in total. The van der Waals surface area contributed by atoms with E-state index in [-0.39, 0.29) is 11.5 Å². The molecule has 122 valence electrons. The van der Waals surface area contributed by atoms with E-state index in [2.05, 4.69) is 36.0 Å². The lowest BCUT2D eigenvalue weighted by molar-refractivity contribution is 0.0201. The van der Waals surface area contributed by atoms with Crippen LogP contribution in [0.5, 0.6) is 0 Å². The second-order valence-electron chi connectivity index (χ2n) is 7.49. The Balaban J connectivity index is 1.89. The number of ether oxygens (including phenoxy) is 2. The second-order valence-corrected chi connectivity index (χ2v) is 7.49. The molecule has 0 radical (unpaired) electrons. The largest absolute Gasteiger partial charge is 0.381 e. The lowest BCUT2D eigenvalue weighted by Gasteiger charge is -2.31. The fourth-order valence-electron chi connectivity index (χ4n) is 3.35. The van der Waals surface area contributed by atoms with E-state index in [4.69, 9.17) is 9.47 Å². The van der Waals surface area contributed by atoms with Crippen LogP contribution in [0.2, 0.25) is 0 Å². The van der Waals surface area contributed by atoms with E-state index >= 15 is 0 Å². The van der Waals surface area contributed by atoms with Crippen LogP contribution in [0.4, 0.5) is 0 Å². The van der Waals surface area contributed by atoms with Gasteiger partial charge in [0, 0.05) is 45.8 Å². The standard InChI is InChI=1S/C16H31N3O2/c1-15(2,3)13(20-5)10-18-14(17-4)19-8-6-16(11-19)7-9-21-12-16/h13H,6-12H2,1-5H3,(H,17,18). The maximum absolute atomic E-state index is 5.61. The summed E-state index contributed by atoms with van der Waals surface area (Å²) in [5.74, 6) is 0.991. The molecule has 2 atom stereocenters. The van der Waals surface area contributed by atoms with Gasteiger partial charge in [-0.1, -0.05) is 20.8 Å². The molecule has 1 spiro atoms. The number of aliphatic imine (C=N–C) groups is 1. The van der Waals surface area contributed by atoms with Crippen molar-refractivity contribution in [3.05, 3.63) is 0 Å². The maximum Gasteiger partial charge on any atom is 0.193 e. The van der Waals surface area contributed by atoms with Crippen LogP contribution >= 0.6 is 0 Å². The highest BCUT2D eigenvalue weighted by atomic mass is 16.5. The Labute approximate surface area is 129 Å². The van der Waals surface area contributed by atoms with Gasteiger partial charge in [-0.2, -0.15) is 0 Å². The fourth-order valence-corrected chi connectivity index (χ4v) is 3.35. The van der Waals surface area contributed by atoms with E-state index in [9.17, 15) is 0 Å². The molecule has 21 heavy (non-hydrogen) atoms. The predicted octanol–water partition coefficient (Wildman–Crippen LogP) is 1.74. The number of guanidine groups is 1. The third kappa shape index (κ3) is 3.89. The molecule has 5 nitrogen and oxygen atoms in total. The summed E-state index contributed by atoms with van der Waals surface area (Å²) in [4.78, 5) is 6.81. The molecular formula is C16H31N3O2. The zero-order chi connectivity index (χ0) is 15.5. The van der Waals surface area contributed by atoms with Crippen LogP contribution in [0.15, 0.2) is 4.99 Å². The van der Waals surface area contributed by atoms with Gasteiger partial charge in [0.15, 0.2) is 5.96 Å². The Hall–Kier alpha value is -0.810. The first-order chi connectivity index (χ1) is 9.90. The smallest absolute Gasteiger partial charge is 0.193 e. The van der Waals surface area contributed by atoms with Crippen molar-refractivity contribution in [2.24, 2.45) is 15.8 Å². The number of rotatable bonds is 3. The van der Waals surface area contributed by atoms with Crippen molar-refractivity contribution in [2.45, 2.75) is 39.7 Å². The fraction of sp³-hybridized carbons (Fsp3) is 0.938. The molecule has 0 bridgehead atoms. The summed E-state index contributed by atoms with van der Waals surface area (Å²) in [7, 11) is 3.64. The van der Waals surface area contributed by atoms with Gasteiger partial charge < -0.3 is 19.7 Å². The lowest BCUT2D eigenvalue weighted by Crippen LogP contribution is -2.47. The Bertz CT molecular complexity index is 370. The van der Waals surface area contributed by atoms with Crippen molar-refractivity contribution in [1.82, 2.24) is 10.2 Å². The van der Waals surface area contributed by atoms with E-state index in [1.165, 1.54) is 12.8 Å². The summed E-state index contributed by atoms with van der Waals surface area (Å²) in [5, 5.41) is 3.49. The van der Waals surface area contributed by atoms with Gasteiger partial charge in [-0.3, -0.25) is 4.99 Å². The Morgan fingerprint density at radius 2 is 2.19 bits per heavy atom. The average molecular weight is 297 g/mol. The van der Waals surface area contributed by atoms with Gasteiger partial charge in [0.1, 0.15) is 0 Å². The molecule has 5 heteroatoms. The third-order valence-corrected chi connectivity index (χ3v) is 4.83. The van der Waals surface area contributed by atoms with Gasteiger partial charge in [0.25, 0.3) is 0 Å². The van der Waals surface area contributed by atoms with Crippen molar-refractivity contribution in [1.29, 1.82) is 0 Å². The van der Waals surface area contributed by atoms with E-state index < -0.39 is 0 Å². The van der Waals surface area contributed by atoms with Gasteiger partial charge in [0.2, 0.25) is 0 Å². The molecular weight excluding hydrogens is 266 g/mol. The van der Waals surface area contributed by atoms with Gasteiger partial charge >= 0.3 is 0 Å². The molecule has 2 aliphatic rings. The van der Waals surface area contributed by atoms with Gasteiger partial charge in [-0.15, -0.1) is 0 Å². The minimum Gasteiger partial charge on any atom is -0.381 e. The van der Waals surface area contributed by atoms with Crippen molar-refractivity contribution >= 4 is 5.96 Å². The Morgan fingerprint density at radius 1 is 1.43 bits per heavy atom. The normalized spacial score (nSPS) is 28.4. The summed E-state index contributed by atoms with van der Waals surface area (Å²) in [6.45, 7) is 11.3. The number of nitrogens with one attached hydrogen (secondary N) is 1. The van der Waals surface area contributed by atoms with Crippen LogP contribution < -0.4 is 5.32 Å². The van der Waals surface area contributed by atoms with E-state index in [1.54, 1.807) is 7.11 Å². The maximum atomic E-state index is 5.61. The van der Waals surface area contributed by atoms with Crippen LogP contribution in [0.25, 0.3) is 0 Å². The van der Waals surface area contributed by atoms with Gasteiger partial charge in [0.05, 0.1) is 12.7 Å². The first-order valence-corrected chi connectivity index (χ1v) is 7.96. The quantitative estimate of drug-likeness (QED) is 0.637. The number of hydrogen-bond donors (Lipinski definition) is 1. The molecule has 2 saturated heterocycles. The molecule has 2 aliphatic heterocycles. The Morgan fingerprint density at radius 3 is 2.71 bits per heavy atom. The molecule has 2 fully saturated rings. The highest BCUT2D eigenvalue weighted by Gasteiger charge is 2.42. The van der Waals surface area contributed by atoms with Gasteiger partial charge in [-0.25, -0.2) is 0 Å². The molecule has 2 rings (SSSR count). The van der Waals surface area contributed by atoms with Crippen LogP contribution in [0.1, 0.15) is 33.6 Å². The summed E-state index contributed by atoms with van der Waals surface area (Å²) < 4.78 is 11.2. The van der Waals surface area contributed by atoms with Crippen LogP contribution in [-0.2, 0) is 9.47 Å². The van der Waals surface area contributed by atoms with E-state index in [1.807, 2.05) is 7.05 Å². The predicted molar refractivity (Wildman–Crippen MR) is 85.7 cm³/mol. The van der Waals surface area contributed by atoms with Crippen LogP contribution in [-0.4, -0.2) is 64.0 Å². The van der Waals surface area contributed by atoms with Crippen LogP contribution in [0.3, 0.4) is 0 Å². The number of likely N-dealkylation sites (tertiary alicyclic amines) is 1. The zero-order valence-corrected chi connectivity index (χ0v) is 14.2. The first-order valence-electron chi connectivity index (χ1n) is 7.96. The second kappa shape index (κ2) is 6.53. The SMILES string of the molecule is CN=C(NCC(OC)C(C)(C)C)N1CCC2(CCOC2)C1. The summed E-state index contributed by atoms with van der Waals surface area (Å²) >= 11 is 0. The number of nitrogens with zero attached hydrogens (tertiary/aromatic N) is 2. The Kier molecular flexibility index (Phi) is 5.15. The number of hydrogen-bond acceptors (Lipinski definition) is 3. The molecule has 0 aliphatic carbocycles. The van der Waals surface area contributed by atoms with Crippen molar-refractivity contribution in [3.63, 3.8) is 0 Å². The highest BCUT2D eigenvalue weighted by Crippen LogP contribution is 2.38.